The lowest BCUT2D eigenvalue weighted by molar-refractivity contribution is -0.111. The predicted molar refractivity (Wildman–Crippen MR) is 79.5 cm³/mol. The van der Waals surface area contributed by atoms with E-state index in [1.165, 1.54) is 11.6 Å². The molecule has 0 fully saturated rings. The van der Waals surface area contributed by atoms with E-state index in [2.05, 4.69) is 24.0 Å². The molecule has 2 aromatic carbocycles. The largest absolute Gasteiger partial charge is 0.321 e. The number of benzene rings is 2. The van der Waals surface area contributed by atoms with Gasteiger partial charge in [0.15, 0.2) is 0 Å². The molecule has 0 bridgehead atoms. The number of carbonyl (C=O) groups excluding carboxylic acids is 1. The van der Waals surface area contributed by atoms with Gasteiger partial charge in [0.2, 0.25) is 5.91 Å². The maximum atomic E-state index is 11.2. The third-order valence-electron chi connectivity index (χ3n) is 2.73. The molecule has 1 N–H and O–H groups in total. The number of halogens is 1. The molecule has 96 valence electrons. The first-order valence-corrected chi connectivity index (χ1v) is 6.32. The average Bonchev–Trinajstić information content (AvgIpc) is 2.43. The van der Waals surface area contributed by atoms with E-state index < -0.39 is 0 Å². The van der Waals surface area contributed by atoms with Crippen LogP contribution >= 0.6 is 11.6 Å². The summed E-state index contributed by atoms with van der Waals surface area (Å²) in [6.07, 6.45) is 2.03. The van der Waals surface area contributed by atoms with Crippen LogP contribution in [-0.2, 0) is 11.2 Å². The smallest absolute Gasteiger partial charge is 0.247 e. The molecule has 0 heterocycles. The van der Waals surface area contributed by atoms with E-state index in [0.717, 1.165) is 12.0 Å². The molecule has 0 unspecified atom stereocenters. The topological polar surface area (TPSA) is 29.1 Å². The summed E-state index contributed by atoms with van der Waals surface area (Å²) >= 11 is 6.15. The van der Waals surface area contributed by atoms with E-state index in [1.54, 1.807) is 0 Å². The van der Waals surface area contributed by atoms with Crippen LogP contribution < -0.4 is 5.32 Å². The van der Waals surface area contributed by atoms with Gasteiger partial charge in [-0.05, 0) is 35.8 Å². The molecule has 2 nitrogen and oxygen atoms in total. The molecule has 19 heavy (non-hydrogen) atoms. The summed E-state index contributed by atoms with van der Waals surface area (Å²) in [5.41, 5.74) is 2.93. The molecule has 0 saturated carbocycles. The van der Waals surface area contributed by atoms with Crippen LogP contribution in [0.15, 0.2) is 61.2 Å². The van der Waals surface area contributed by atoms with Gasteiger partial charge in [0.1, 0.15) is 0 Å². The standard InChI is InChI=1S/C16H14ClNO/c1-2-16(19)18-15-9-8-13(11-14(15)17)10-12-6-4-3-5-7-12/h2-9,11H,1,10H2,(H,18,19). The van der Waals surface area contributed by atoms with Crippen molar-refractivity contribution in [2.75, 3.05) is 5.32 Å². The van der Waals surface area contributed by atoms with Gasteiger partial charge < -0.3 is 5.32 Å². The molecule has 2 rings (SSSR count). The molecule has 2 aromatic rings. The van der Waals surface area contributed by atoms with Crippen LogP contribution in [0.5, 0.6) is 0 Å². The molecule has 0 saturated heterocycles. The Bertz CT molecular complexity index is 593. The van der Waals surface area contributed by atoms with E-state index in [4.69, 9.17) is 11.6 Å². The summed E-state index contributed by atoms with van der Waals surface area (Å²) in [4.78, 5) is 11.2. The number of hydrogen-bond donors (Lipinski definition) is 1. The number of hydrogen-bond acceptors (Lipinski definition) is 1. The van der Waals surface area contributed by atoms with Gasteiger partial charge in [-0.1, -0.05) is 54.6 Å². The highest BCUT2D eigenvalue weighted by molar-refractivity contribution is 6.33. The van der Waals surface area contributed by atoms with E-state index in [9.17, 15) is 4.79 Å². The van der Waals surface area contributed by atoms with E-state index in [0.29, 0.717) is 10.7 Å². The molecule has 0 spiro atoms. The molecule has 0 aromatic heterocycles. The minimum absolute atomic E-state index is 0.266. The first kappa shape index (κ1) is 13.4. The van der Waals surface area contributed by atoms with Crippen molar-refractivity contribution in [1.29, 1.82) is 0 Å². The Morgan fingerprint density at radius 2 is 1.89 bits per heavy atom. The third-order valence-corrected chi connectivity index (χ3v) is 3.04. The van der Waals surface area contributed by atoms with Crippen LogP contribution in [0.2, 0.25) is 5.02 Å². The third kappa shape index (κ3) is 3.70. The summed E-state index contributed by atoms with van der Waals surface area (Å²) in [6.45, 7) is 3.40. The van der Waals surface area contributed by atoms with Crippen molar-refractivity contribution in [2.24, 2.45) is 0 Å². The number of carbonyl (C=O) groups is 1. The van der Waals surface area contributed by atoms with Crippen molar-refractivity contribution in [3.8, 4) is 0 Å². The van der Waals surface area contributed by atoms with Gasteiger partial charge in [-0.15, -0.1) is 0 Å². The minimum atomic E-state index is -0.266. The highest BCUT2D eigenvalue weighted by atomic mass is 35.5. The van der Waals surface area contributed by atoms with Crippen molar-refractivity contribution >= 4 is 23.2 Å². The maximum Gasteiger partial charge on any atom is 0.247 e. The van der Waals surface area contributed by atoms with Gasteiger partial charge in [0.05, 0.1) is 10.7 Å². The van der Waals surface area contributed by atoms with Crippen LogP contribution in [-0.4, -0.2) is 5.91 Å². The summed E-state index contributed by atoms with van der Waals surface area (Å²) in [6, 6.07) is 15.8. The van der Waals surface area contributed by atoms with Crippen molar-refractivity contribution in [3.05, 3.63) is 77.3 Å². The van der Waals surface area contributed by atoms with Gasteiger partial charge in [0, 0.05) is 0 Å². The molecule has 0 radical (unpaired) electrons. The zero-order valence-electron chi connectivity index (χ0n) is 10.4. The normalized spacial score (nSPS) is 9.95. The Kier molecular flexibility index (Phi) is 4.37. The van der Waals surface area contributed by atoms with Gasteiger partial charge in [0.25, 0.3) is 0 Å². The first-order valence-electron chi connectivity index (χ1n) is 5.95. The molecular weight excluding hydrogens is 258 g/mol. The Morgan fingerprint density at radius 1 is 1.16 bits per heavy atom. The second-order valence-corrected chi connectivity index (χ2v) is 4.58. The zero-order chi connectivity index (χ0) is 13.7. The quantitative estimate of drug-likeness (QED) is 0.835. The molecule has 3 heteroatoms. The lowest BCUT2D eigenvalue weighted by atomic mass is 10.0. The van der Waals surface area contributed by atoms with Crippen molar-refractivity contribution in [2.45, 2.75) is 6.42 Å². The minimum Gasteiger partial charge on any atom is -0.321 e. The maximum absolute atomic E-state index is 11.2. The van der Waals surface area contributed by atoms with E-state index in [1.807, 2.05) is 36.4 Å². The van der Waals surface area contributed by atoms with Gasteiger partial charge in [-0.2, -0.15) is 0 Å². The Balaban J connectivity index is 2.15. The van der Waals surface area contributed by atoms with E-state index >= 15 is 0 Å². The summed E-state index contributed by atoms with van der Waals surface area (Å²) in [7, 11) is 0. The Hall–Kier alpha value is -2.06. The number of anilines is 1. The zero-order valence-corrected chi connectivity index (χ0v) is 11.2. The second kappa shape index (κ2) is 6.21. The summed E-state index contributed by atoms with van der Waals surface area (Å²) in [5.74, 6) is -0.266. The van der Waals surface area contributed by atoms with Crippen LogP contribution in [0.4, 0.5) is 5.69 Å². The average molecular weight is 272 g/mol. The van der Waals surface area contributed by atoms with Crippen molar-refractivity contribution in [3.63, 3.8) is 0 Å². The van der Waals surface area contributed by atoms with Gasteiger partial charge in [-0.3, -0.25) is 4.79 Å². The SMILES string of the molecule is C=CC(=O)Nc1ccc(Cc2ccccc2)cc1Cl. The first-order chi connectivity index (χ1) is 9.19. The van der Waals surface area contributed by atoms with Gasteiger partial charge >= 0.3 is 0 Å². The lowest BCUT2D eigenvalue weighted by Gasteiger charge is -2.08. The number of amides is 1. The summed E-state index contributed by atoms with van der Waals surface area (Å²) < 4.78 is 0. The molecule has 0 aliphatic heterocycles. The molecule has 0 aliphatic rings. The Morgan fingerprint density at radius 3 is 2.53 bits per heavy atom. The van der Waals surface area contributed by atoms with Gasteiger partial charge in [-0.25, -0.2) is 0 Å². The second-order valence-electron chi connectivity index (χ2n) is 4.17. The van der Waals surface area contributed by atoms with Crippen LogP contribution in [0.3, 0.4) is 0 Å². The van der Waals surface area contributed by atoms with E-state index in [-0.39, 0.29) is 5.91 Å². The lowest BCUT2D eigenvalue weighted by Crippen LogP contribution is -2.07. The monoisotopic (exact) mass is 271 g/mol. The highest BCUT2D eigenvalue weighted by Gasteiger charge is 2.04. The summed E-state index contributed by atoms with van der Waals surface area (Å²) in [5, 5.41) is 3.19. The van der Waals surface area contributed by atoms with Crippen LogP contribution in [0, 0.1) is 0 Å². The fourth-order valence-electron chi connectivity index (χ4n) is 1.79. The Labute approximate surface area is 117 Å². The van der Waals surface area contributed by atoms with Crippen molar-refractivity contribution < 1.29 is 4.79 Å². The van der Waals surface area contributed by atoms with Crippen LogP contribution in [0.1, 0.15) is 11.1 Å². The molecule has 1 amide bonds. The molecular formula is C16H14ClNO. The fourth-order valence-corrected chi connectivity index (χ4v) is 2.04. The van der Waals surface area contributed by atoms with Crippen LogP contribution in [0.25, 0.3) is 0 Å². The van der Waals surface area contributed by atoms with Crippen molar-refractivity contribution in [1.82, 2.24) is 0 Å². The molecule has 0 aliphatic carbocycles. The number of rotatable bonds is 4. The number of nitrogens with one attached hydrogen (secondary N) is 1. The highest BCUT2D eigenvalue weighted by Crippen LogP contribution is 2.24. The fraction of sp³-hybridized carbons (Fsp3) is 0.0625. The predicted octanol–water partition coefficient (Wildman–Crippen LogP) is 4.06. The molecule has 0 atom stereocenters.